The molecule has 56 valence electrons. The predicted octanol–water partition coefficient (Wildman–Crippen LogP) is 1.26. The Bertz CT molecular complexity index is 239. The Balaban J connectivity index is 0.000000292. The molecule has 0 saturated carbocycles. The molecule has 0 saturated heterocycles. The van der Waals surface area contributed by atoms with Crippen molar-refractivity contribution in [3.63, 3.8) is 0 Å². The molecule has 0 amide bonds. The SMILES string of the molecule is O=Cc1ccccc1.[O]=[Ti]=[O]. The molecule has 0 aromatic heterocycles. The summed E-state index contributed by atoms with van der Waals surface area (Å²) in [5, 5.41) is 0. The van der Waals surface area contributed by atoms with Gasteiger partial charge in [0.15, 0.2) is 0 Å². The van der Waals surface area contributed by atoms with E-state index in [4.69, 9.17) is 6.65 Å². The summed E-state index contributed by atoms with van der Waals surface area (Å²) < 4.78 is 17.0. The molecule has 0 radical (unpaired) electrons. The molecule has 0 unspecified atom stereocenters. The fourth-order valence-corrected chi connectivity index (χ4v) is 0.532. The Hall–Kier alpha value is -0.796. The fraction of sp³-hybridized carbons (Fsp3) is 0. The molecule has 11 heavy (non-hydrogen) atoms. The molecular weight excluding hydrogens is 180 g/mol. The molecule has 0 aliphatic heterocycles. The summed E-state index contributed by atoms with van der Waals surface area (Å²) in [5.41, 5.74) is 0.729. The Kier molecular flexibility index (Phi) is 6.78. The monoisotopic (exact) mass is 186 g/mol. The Morgan fingerprint density at radius 3 is 1.82 bits per heavy atom. The van der Waals surface area contributed by atoms with E-state index in [2.05, 4.69) is 0 Å². The molecule has 0 heterocycles. The molecule has 0 spiro atoms. The molecule has 4 heteroatoms. The van der Waals surface area contributed by atoms with Gasteiger partial charge in [-0.15, -0.1) is 0 Å². The van der Waals surface area contributed by atoms with Crippen molar-refractivity contribution in [1.82, 2.24) is 0 Å². The molecule has 1 aromatic carbocycles. The fourth-order valence-electron chi connectivity index (χ4n) is 0.532. The molecule has 0 fully saturated rings. The zero-order chi connectivity index (χ0) is 8.53. The first-order valence-corrected chi connectivity index (χ1v) is 4.12. The maximum absolute atomic E-state index is 10.0. The second kappa shape index (κ2) is 7.31. The number of hydrogen-bond donors (Lipinski definition) is 0. The standard InChI is InChI=1S/C7H6O.2O.Ti/c8-6-7-4-2-1-3-5-7;;;/h1-6H;;;. The summed E-state index contributed by atoms with van der Waals surface area (Å²) in [4.78, 5) is 10.0. The summed E-state index contributed by atoms with van der Waals surface area (Å²) in [6, 6.07) is 9.10. The van der Waals surface area contributed by atoms with E-state index in [0.29, 0.717) is 0 Å². The number of benzene rings is 1. The van der Waals surface area contributed by atoms with E-state index in [1.54, 1.807) is 12.1 Å². The average Bonchev–Trinajstić information content (AvgIpc) is 2.08. The second-order valence-electron chi connectivity index (χ2n) is 1.61. The minimum absolute atomic E-state index is 0.729. The number of carbonyl (C=O) groups is 1. The summed E-state index contributed by atoms with van der Waals surface area (Å²) in [7, 11) is 0. The zero-order valence-electron chi connectivity index (χ0n) is 5.69. The van der Waals surface area contributed by atoms with E-state index in [9.17, 15) is 4.79 Å². The van der Waals surface area contributed by atoms with Crippen LogP contribution in [-0.2, 0) is 25.7 Å². The van der Waals surface area contributed by atoms with Crippen LogP contribution in [0.3, 0.4) is 0 Å². The van der Waals surface area contributed by atoms with Crippen molar-refractivity contribution < 1.29 is 30.5 Å². The number of hydrogen-bond acceptors (Lipinski definition) is 3. The second-order valence-corrected chi connectivity index (χ2v) is 1.87. The molecule has 3 nitrogen and oxygen atoms in total. The van der Waals surface area contributed by atoms with Gasteiger partial charge >= 0.3 is 25.7 Å². The van der Waals surface area contributed by atoms with E-state index in [-0.39, 0.29) is 0 Å². The van der Waals surface area contributed by atoms with Gasteiger partial charge in [0, 0.05) is 5.56 Å². The van der Waals surface area contributed by atoms with Crippen LogP contribution in [0.15, 0.2) is 30.3 Å². The summed E-state index contributed by atoms with van der Waals surface area (Å²) in [6.07, 6.45) is 0.833. The van der Waals surface area contributed by atoms with Gasteiger partial charge in [-0.25, -0.2) is 0 Å². The minimum atomic E-state index is -2.00. The van der Waals surface area contributed by atoms with Gasteiger partial charge in [-0.05, 0) is 0 Å². The van der Waals surface area contributed by atoms with Gasteiger partial charge in [-0.1, -0.05) is 30.3 Å². The molecule has 1 aromatic rings. The molecule has 0 N–H and O–H groups in total. The third-order valence-corrected chi connectivity index (χ3v) is 0.936. The molecule has 0 aliphatic rings. The average molecular weight is 186 g/mol. The van der Waals surface area contributed by atoms with E-state index >= 15 is 0 Å². The Morgan fingerprint density at radius 1 is 1.09 bits per heavy atom. The first-order chi connectivity index (χ1) is 5.35. The number of aldehydes is 1. The van der Waals surface area contributed by atoms with Crippen LogP contribution in [0.25, 0.3) is 0 Å². The van der Waals surface area contributed by atoms with Crippen molar-refractivity contribution in [2.45, 2.75) is 0 Å². The van der Waals surface area contributed by atoms with Gasteiger partial charge in [-0.3, -0.25) is 4.79 Å². The normalized spacial score (nSPS) is 6.91. The molecule has 1 rings (SSSR count). The van der Waals surface area contributed by atoms with Gasteiger partial charge in [0.1, 0.15) is 6.29 Å². The van der Waals surface area contributed by atoms with E-state index < -0.39 is 19.1 Å². The topological polar surface area (TPSA) is 51.2 Å². The molecule has 0 atom stereocenters. The van der Waals surface area contributed by atoms with Gasteiger partial charge in [0.05, 0.1) is 0 Å². The van der Waals surface area contributed by atoms with Crippen LogP contribution in [0, 0.1) is 0 Å². The number of carbonyl (C=O) groups excluding carboxylic acids is 1. The summed E-state index contributed by atoms with van der Waals surface area (Å²) in [5.74, 6) is 0. The summed E-state index contributed by atoms with van der Waals surface area (Å²) in [6.45, 7) is 0. The van der Waals surface area contributed by atoms with Crippen LogP contribution in [0.4, 0.5) is 0 Å². The third-order valence-electron chi connectivity index (χ3n) is 0.936. The van der Waals surface area contributed by atoms with E-state index in [0.717, 1.165) is 11.8 Å². The zero-order valence-corrected chi connectivity index (χ0v) is 7.25. The molecular formula is C7H6O3Ti. The predicted molar refractivity (Wildman–Crippen MR) is 33.2 cm³/mol. The molecule has 0 aliphatic carbocycles. The molecule has 0 bridgehead atoms. The Labute approximate surface area is 73.0 Å². The first-order valence-electron chi connectivity index (χ1n) is 2.84. The van der Waals surface area contributed by atoms with Crippen LogP contribution in [0.5, 0.6) is 0 Å². The van der Waals surface area contributed by atoms with Crippen LogP contribution in [0.2, 0.25) is 0 Å². The van der Waals surface area contributed by atoms with Gasteiger partial charge in [0.2, 0.25) is 0 Å². The summed E-state index contributed by atoms with van der Waals surface area (Å²) >= 11 is -2.00. The van der Waals surface area contributed by atoms with Crippen molar-refractivity contribution in [2.24, 2.45) is 0 Å². The maximum atomic E-state index is 10.0. The first kappa shape index (κ1) is 10.2. The van der Waals surface area contributed by atoms with Crippen molar-refractivity contribution in [2.75, 3.05) is 0 Å². The van der Waals surface area contributed by atoms with Crippen molar-refractivity contribution in [1.29, 1.82) is 0 Å². The Morgan fingerprint density at radius 2 is 1.55 bits per heavy atom. The van der Waals surface area contributed by atoms with E-state index in [1.165, 1.54) is 0 Å². The van der Waals surface area contributed by atoms with Gasteiger partial charge in [0.25, 0.3) is 0 Å². The third kappa shape index (κ3) is 5.64. The van der Waals surface area contributed by atoms with Crippen molar-refractivity contribution >= 4 is 6.29 Å². The van der Waals surface area contributed by atoms with Crippen molar-refractivity contribution in [3.8, 4) is 0 Å². The van der Waals surface area contributed by atoms with Gasteiger partial charge in [-0.2, -0.15) is 0 Å². The number of rotatable bonds is 1. The van der Waals surface area contributed by atoms with Crippen LogP contribution in [-0.4, -0.2) is 6.29 Å². The van der Waals surface area contributed by atoms with E-state index in [1.807, 2.05) is 18.2 Å². The van der Waals surface area contributed by atoms with Crippen LogP contribution < -0.4 is 0 Å². The van der Waals surface area contributed by atoms with Crippen LogP contribution >= 0.6 is 0 Å². The van der Waals surface area contributed by atoms with Crippen molar-refractivity contribution in [3.05, 3.63) is 35.9 Å². The van der Waals surface area contributed by atoms with Crippen LogP contribution in [0.1, 0.15) is 10.4 Å². The quantitative estimate of drug-likeness (QED) is 0.489. The van der Waals surface area contributed by atoms with Gasteiger partial charge < -0.3 is 0 Å².